The van der Waals surface area contributed by atoms with E-state index in [1.165, 1.54) is 5.56 Å². The molecule has 1 aliphatic heterocycles. The number of nitrogens with zero attached hydrogens (tertiary/aromatic N) is 1. The maximum Gasteiger partial charge on any atom is 0.234 e. The molecule has 0 fully saturated rings. The number of hydrogen-bond acceptors (Lipinski definition) is 2. The number of fused-ring (bicyclic) bond motifs is 1. The Morgan fingerprint density at radius 2 is 2.22 bits per heavy atom. The van der Waals surface area contributed by atoms with Gasteiger partial charge in [0.1, 0.15) is 0 Å². The molecule has 0 saturated heterocycles. The Morgan fingerprint density at radius 1 is 1.50 bits per heavy atom. The van der Waals surface area contributed by atoms with Crippen molar-refractivity contribution >= 4 is 17.3 Å². The third kappa shape index (κ3) is 2.13. The monoisotopic (exact) mass is 244 g/mol. The van der Waals surface area contributed by atoms with E-state index < -0.39 is 5.41 Å². The van der Waals surface area contributed by atoms with Crippen LogP contribution in [0.15, 0.2) is 30.9 Å². The van der Waals surface area contributed by atoms with Gasteiger partial charge in [-0.15, -0.1) is 6.58 Å². The minimum Gasteiger partial charge on any atom is -0.382 e. The third-order valence-corrected chi connectivity index (χ3v) is 3.30. The van der Waals surface area contributed by atoms with Gasteiger partial charge >= 0.3 is 0 Å². The second-order valence-electron chi connectivity index (χ2n) is 5.46. The summed E-state index contributed by atoms with van der Waals surface area (Å²) in [6.07, 6.45) is 1.77. The Kier molecular flexibility index (Phi) is 3.16. The van der Waals surface area contributed by atoms with Gasteiger partial charge in [0.05, 0.1) is 16.8 Å². The van der Waals surface area contributed by atoms with Crippen LogP contribution in [0, 0.1) is 12.3 Å². The number of amides is 1. The molecule has 1 aromatic rings. The van der Waals surface area contributed by atoms with E-state index in [-0.39, 0.29) is 5.91 Å². The van der Waals surface area contributed by atoms with Gasteiger partial charge in [-0.25, -0.2) is 0 Å². The van der Waals surface area contributed by atoms with E-state index in [9.17, 15) is 4.79 Å². The topological polar surface area (TPSA) is 32.3 Å². The van der Waals surface area contributed by atoms with Crippen LogP contribution in [-0.4, -0.2) is 19.0 Å². The zero-order chi connectivity index (χ0) is 13.3. The van der Waals surface area contributed by atoms with Crippen LogP contribution in [0.5, 0.6) is 0 Å². The summed E-state index contributed by atoms with van der Waals surface area (Å²) in [5.74, 6) is 0.137. The molecule has 1 heterocycles. The molecule has 1 aromatic carbocycles. The van der Waals surface area contributed by atoms with Gasteiger partial charge in [0.25, 0.3) is 0 Å². The Hall–Kier alpha value is -1.77. The number of carbonyl (C=O) groups excluding carboxylic acids is 1. The molecule has 0 aromatic heterocycles. The van der Waals surface area contributed by atoms with Crippen molar-refractivity contribution in [1.29, 1.82) is 0 Å². The van der Waals surface area contributed by atoms with Gasteiger partial charge in [-0.05, 0) is 38.5 Å². The SMILES string of the molecule is C=CCN1C(=O)C(C)(C)CNc2cc(C)ccc21. The lowest BCUT2D eigenvalue weighted by molar-refractivity contribution is -0.125. The van der Waals surface area contributed by atoms with Gasteiger partial charge in [-0.3, -0.25) is 4.79 Å². The van der Waals surface area contributed by atoms with Crippen molar-refractivity contribution in [3.05, 3.63) is 36.4 Å². The number of carbonyl (C=O) groups is 1. The fraction of sp³-hybridized carbons (Fsp3) is 0.400. The van der Waals surface area contributed by atoms with Crippen LogP contribution in [0.4, 0.5) is 11.4 Å². The van der Waals surface area contributed by atoms with E-state index in [2.05, 4.69) is 24.9 Å². The fourth-order valence-corrected chi connectivity index (χ4v) is 2.20. The van der Waals surface area contributed by atoms with Crippen LogP contribution in [0.2, 0.25) is 0 Å². The van der Waals surface area contributed by atoms with Crippen molar-refractivity contribution in [3.8, 4) is 0 Å². The van der Waals surface area contributed by atoms with Crippen LogP contribution >= 0.6 is 0 Å². The average molecular weight is 244 g/mol. The Labute approximate surface area is 108 Å². The van der Waals surface area contributed by atoms with Crippen LogP contribution in [0.3, 0.4) is 0 Å². The molecule has 1 amide bonds. The largest absolute Gasteiger partial charge is 0.382 e. The first-order valence-corrected chi connectivity index (χ1v) is 6.23. The van der Waals surface area contributed by atoms with Gasteiger partial charge < -0.3 is 10.2 Å². The lowest BCUT2D eigenvalue weighted by atomic mass is 9.92. The molecule has 3 nitrogen and oxygen atoms in total. The van der Waals surface area contributed by atoms with E-state index in [0.29, 0.717) is 13.1 Å². The van der Waals surface area contributed by atoms with Gasteiger partial charge in [0.15, 0.2) is 0 Å². The molecule has 0 saturated carbocycles. The van der Waals surface area contributed by atoms with E-state index in [1.54, 1.807) is 6.08 Å². The highest BCUT2D eigenvalue weighted by Gasteiger charge is 2.35. The summed E-state index contributed by atoms with van der Waals surface area (Å²) in [4.78, 5) is 14.4. The molecule has 0 atom stereocenters. The zero-order valence-corrected chi connectivity index (χ0v) is 11.3. The van der Waals surface area contributed by atoms with Gasteiger partial charge in [-0.2, -0.15) is 0 Å². The van der Waals surface area contributed by atoms with Crippen molar-refractivity contribution in [2.45, 2.75) is 20.8 Å². The molecule has 2 rings (SSSR count). The zero-order valence-electron chi connectivity index (χ0n) is 11.3. The first-order valence-electron chi connectivity index (χ1n) is 6.23. The first kappa shape index (κ1) is 12.7. The number of anilines is 2. The van der Waals surface area contributed by atoms with Gasteiger partial charge in [0.2, 0.25) is 5.91 Å². The second-order valence-corrected chi connectivity index (χ2v) is 5.46. The maximum absolute atomic E-state index is 12.5. The first-order chi connectivity index (χ1) is 8.45. The molecule has 0 radical (unpaired) electrons. The smallest absolute Gasteiger partial charge is 0.234 e. The Morgan fingerprint density at radius 3 is 2.89 bits per heavy atom. The van der Waals surface area contributed by atoms with Gasteiger partial charge in [-0.1, -0.05) is 12.1 Å². The standard InChI is InChI=1S/C15H20N2O/c1-5-8-17-13-7-6-11(2)9-12(13)16-10-15(3,4)14(17)18/h5-7,9,16H,1,8,10H2,2-4H3. The summed E-state index contributed by atoms with van der Waals surface area (Å²) in [6.45, 7) is 10.9. The van der Waals surface area contributed by atoms with Crippen LogP contribution in [-0.2, 0) is 4.79 Å². The summed E-state index contributed by atoms with van der Waals surface area (Å²) < 4.78 is 0. The highest BCUT2D eigenvalue weighted by molar-refractivity contribution is 6.01. The third-order valence-electron chi connectivity index (χ3n) is 3.30. The van der Waals surface area contributed by atoms with Crippen molar-refractivity contribution in [3.63, 3.8) is 0 Å². The Bertz CT molecular complexity index is 491. The number of rotatable bonds is 2. The van der Waals surface area contributed by atoms with Gasteiger partial charge in [0, 0.05) is 13.1 Å². The summed E-state index contributed by atoms with van der Waals surface area (Å²) in [7, 11) is 0. The highest BCUT2D eigenvalue weighted by atomic mass is 16.2. The molecular formula is C15H20N2O. The molecule has 0 aliphatic carbocycles. The minimum absolute atomic E-state index is 0.137. The van der Waals surface area contributed by atoms with E-state index in [0.717, 1.165) is 11.4 Å². The van der Waals surface area contributed by atoms with Crippen LogP contribution in [0.25, 0.3) is 0 Å². The summed E-state index contributed by atoms with van der Waals surface area (Å²) >= 11 is 0. The molecule has 3 heteroatoms. The van der Waals surface area contributed by atoms with E-state index >= 15 is 0 Å². The molecule has 0 bridgehead atoms. The quantitative estimate of drug-likeness (QED) is 0.811. The number of aryl methyl sites for hydroxylation is 1. The average Bonchev–Trinajstić information content (AvgIpc) is 2.41. The van der Waals surface area contributed by atoms with E-state index in [1.807, 2.05) is 30.9 Å². The minimum atomic E-state index is -0.407. The molecular weight excluding hydrogens is 224 g/mol. The number of hydrogen-bond donors (Lipinski definition) is 1. The molecule has 1 aliphatic rings. The predicted molar refractivity (Wildman–Crippen MR) is 76.0 cm³/mol. The molecule has 18 heavy (non-hydrogen) atoms. The number of benzene rings is 1. The molecule has 1 N–H and O–H groups in total. The Balaban J connectivity index is 2.52. The summed E-state index contributed by atoms with van der Waals surface area (Å²) in [5.41, 5.74) is 2.74. The van der Waals surface area contributed by atoms with Crippen LogP contribution < -0.4 is 10.2 Å². The molecule has 0 unspecified atom stereocenters. The normalized spacial score (nSPS) is 17.7. The number of nitrogens with one attached hydrogen (secondary N) is 1. The molecule has 0 spiro atoms. The van der Waals surface area contributed by atoms with Crippen molar-refractivity contribution in [2.75, 3.05) is 23.3 Å². The summed E-state index contributed by atoms with van der Waals surface area (Å²) in [5, 5.41) is 3.38. The predicted octanol–water partition coefficient (Wildman–Crippen LogP) is 2.97. The second kappa shape index (κ2) is 4.48. The lowest BCUT2D eigenvalue weighted by Gasteiger charge is -2.27. The highest BCUT2D eigenvalue weighted by Crippen LogP contribution is 2.34. The van der Waals surface area contributed by atoms with Crippen molar-refractivity contribution in [2.24, 2.45) is 5.41 Å². The summed E-state index contributed by atoms with van der Waals surface area (Å²) in [6, 6.07) is 6.11. The fourth-order valence-electron chi connectivity index (χ4n) is 2.20. The van der Waals surface area contributed by atoms with E-state index in [4.69, 9.17) is 0 Å². The van der Waals surface area contributed by atoms with Crippen molar-refractivity contribution < 1.29 is 4.79 Å². The lowest BCUT2D eigenvalue weighted by Crippen LogP contribution is -2.42. The molecule has 96 valence electrons. The van der Waals surface area contributed by atoms with Crippen molar-refractivity contribution in [1.82, 2.24) is 0 Å². The van der Waals surface area contributed by atoms with Crippen LogP contribution in [0.1, 0.15) is 19.4 Å². The maximum atomic E-state index is 12.5.